The number of primary amides is 1. The molecule has 0 spiro atoms. The summed E-state index contributed by atoms with van der Waals surface area (Å²) in [6.45, 7) is 10.6. The van der Waals surface area contributed by atoms with Gasteiger partial charge in [-0.3, -0.25) is 4.79 Å². The molecule has 0 saturated heterocycles. The standard InChI is InChI=1S/C20H18N4O2/c1-20(2,26)16-9-12(4-6-17(16)22-3)14-8-15-13(5-7-18(21)25)10-23-19(15)24-11-14/h4-11,26H,1-2H3,(H2,21,25)(H,23,24)/b7-5+. The highest BCUT2D eigenvalue weighted by atomic mass is 16.3. The maximum Gasteiger partial charge on any atom is 0.241 e. The first-order valence-corrected chi connectivity index (χ1v) is 7.99. The zero-order chi connectivity index (χ0) is 18.9. The van der Waals surface area contributed by atoms with Crippen LogP contribution in [0.15, 0.2) is 42.7 Å². The van der Waals surface area contributed by atoms with Crippen molar-refractivity contribution in [1.29, 1.82) is 0 Å². The Morgan fingerprint density at radius 3 is 2.77 bits per heavy atom. The molecule has 0 bridgehead atoms. The SMILES string of the molecule is [C-]#[N+]c1ccc(-c2cnc3[nH]cc(/C=C/C(N)=O)c3c2)cc1C(C)(C)O. The number of pyridine rings is 1. The fraction of sp³-hybridized carbons (Fsp3) is 0.150. The fourth-order valence-electron chi connectivity index (χ4n) is 2.79. The number of nitrogens with one attached hydrogen (secondary N) is 1. The summed E-state index contributed by atoms with van der Waals surface area (Å²) < 4.78 is 0. The van der Waals surface area contributed by atoms with E-state index in [1.54, 1.807) is 38.4 Å². The number of hydrogen-bond donors (Lipinski definition) is 3. The summed E-state index contributed by atoms with van der Waals surface area (Å²) in [4.78, 5) is 21.9. The lowest BCUT2D eigenvalue weighted by molar-refractivity contribution is -0.113. The average Bonchev–Trinajstić information content (AvgIpc) is 3.00. The van der Waals surface area contributed by atoms with Gasteiger partial charge in [-0.1, -0.05) is 18.2 Å². The van der Waals surface area contributed by atoms with Crippen molar-refractivity contribution in [3.63, 3.8) is 0 Å². The van der Waals surface area contributed by atoms with Crippen LogP contribution >= 0.6 is 0 Å². The van der Waals surface area contributed by atoms with E-state index in [-0.39, 0.29) is 0 Å². The first-order chi connectivity index (χ1) is 12.3. The van der Waals surface area contributed by atoms with Crippen molar-refractivity contribution in [3.8, 4) is 11.1 Å². The van der Waals surface area contributed by atoms with Crippen LogP contribution in [0.1, 0.15) is 25.0 Å². The molecule has 3 rings (SSSR count). The number of carbonyl (C=O) groups is 1. The summed E-state index contributed by atoms with van der Waals surface area (Å²) in [6, 6.07) is 7.28. The molecule has 4 N–H and O–H groups in total. The van der Waals surface area contributed by atoms with Crippen LogP contribution in [-0.2, 0) is 10.4 Å². The molecule has 26 heavy (non-hydrogen) atoms. The Kier molecular flexibility index (Phi) is 4.33. The van der Waals surface area contributed by atoms with Gasteiger partial charge >= 0.3 is 0 Å². The number of aliphatic hydroxyl groups is 1. The molecule has 0 aliphatic carbocycles. The molecule has 130 valence electrons. The Morgan fingerprint density at radius 1 is 1.35 bits per heavy atom. The number of nitrogens with zero attached hydrogens (tertiary/aromatic N) is 2. The van der Waals surface area contributed by atoms with E-state index in [0.717, 1.165) is 22.1 Å². The number of aromatic amines is 1. The lowest BCUT2D eigenvalue weighted by atomic mass is 9.93. The summed E-state index contributed by atoms with van der Waals surface area (Å²) in [5.41, 5.74) is 8.19. The van der Waals surface area contributed by atoms with Crippen LogP contribution in [0.4, 0.5) is 5.69 Å². The Bertz CT molecular complexity index is 1070. The van der Waals surface area contributed by atoms with E-state index in [4.69, 9.17) is 12.3 Å². The second-order valence-corrected chi connectivity index (χ2v) is 6.50. The summed E-state index contributed by atoms with van der Waals surface area (Å²) in [5.74, 6) is -0.520. The smallest absolute Gasteiger partial charge is 0.241 e. The van der Waals surface area contributed by atoms with Gasteiger partial charge in [-0.25, -0.2) is 9.83 Å². The van der Waals surface area contributed by atoms with E-state index in [9.17, 15) is 9.90 Å². The molecule has 0 unspecified atom stereocenters. The molecule has 6 heteroatoms. The quantitative estimate of drug-likeness (QED) is 0.498. The normalized spacial score (nSPS) is 11.8. The number of aromatic nitrogens is 2. The molecule has 6 nitrogen and oxygen atoms in total. The van der Waals surface area contributed by atoms with E-state index in [1.165, 1.54) is 6.08 Å². The Balaban J connectivity index is 2.13. The van der Waals surface area contributed by atoms with E-state index >= 15 is 0 Å². The molecule has 0 fully saturated rings. The zero-order valence-corrected chi connectivity index (χ0v) is 14.4. The van der Waals surface area contributed by atoms with Gasteiger partial charge in [0, 0.05) is 35.0 Å². The van der Waals surface area contributed by atoms with Crippen molar-refractivity contribution in [2.45, 2.75) is 19.4 Å². The van der Waals surface area contributed by atoms with Crippen LogP contribution in [0.25, 0.3) is 33.1 Å². The van der Waals surface area contributed by atoms with Crippen LogP contribution in [0.3, 0.4) is 0 Å². The van der Waals surface area contributed by atoms with Gasteiger partial charge < -0.3 is 15.8 Å². The first-order valence-electron chi connectivity index (χ1n) is 7.99. The van der Waals surface area contributed by atoms with E-state index < -0.39 is 11.5 Å². The third-order valence-electron chi connectivity index (χ3n) is 4.10. The van der Waals surface area contributed by atoms with Crippen molar-refractivity contribution in [1.82, 2.24) is 9.97 Å². The summed E-state index contributed by atoms with van der Waals surface area (Å²) in [7, 11) is 0. The average molecular weight is 346 g/mol. The van der Waals surface area contributed by atoms with E-state index in [0.29, 0.717) is 16.9 Å². The molecule has 2 heterocycles. The molecule has 0 aliphatic rings. The largest absolute Gasteiger partial charge is 0.387 e. The third-order valence-corrected chi connectivity index (χ3v) is 4.10. The second-order valence-electron chi connectivity index (χ2n) is 6.50. The number of fused-ring (bicyclic) bond motifs is 1. The van der Waals surface area contributed by atoms with Crippen LogP contribution in [0.2, 0.25) is 0 Å². The molecule has 0 radical (unpaired) electrons. The molecule has 0 saturated carbocycles. The highest BCUT2D eigenvalue weighted by Gasteiger charge is 2.21. The summed E-state index contributed by atoms with van der Waals surface area (Å²) in [6.07, 6.45) is 6.41. The number of rotatable bonds is 4. The minimum absolute atomic E-state index is 0.419. The molecule has 1 amide bonds. The highest BCUT2D eigenvalue weighted by Crippen LogP contribution is 2.34. The molecule has 2 aromatic heterocycles. The van der Waals surface area contributed by atoms with Gasteiger partial charge in [-0.05, 0) is 37.1 Å². The second kappa shape index (κ2) is 6.47. The molecule has 0 atom stereocenters. The van der Waals surface area contributed by atoms with Crippen molar-refractivity contribution in [3.05, 3.63) is 65.3 Å². The maximum atomic E-state index is 11.0. The fourth-order valence-corrected chi connectivity index (χ4v) is 2.79. The van der Waals surface area contributed by atoms with Gasteiger partial charge in [0.15, 0.2) is 5.69 Å². The van der Waals surface area contributed by atoms with Gasteiger partial charge in [0.05, 0.1) is 12.2 Å². The van der Waals surface area contributed by atoms with Gasteiger partial charge in [0.25, 0.3) is 0 Å². The van der Waals surface area contributed by atoms with Crippen LogP contribution in [0.5, 0.6) is 0 Å². The number of hydrogen-bond acceptors (Lipinski definition) is 3. The number of benzene rings is 1. The number of H-pyrrole nitrogens is 1. The van der Waals surface area contributed by atoms with Gasteiger partial charge in [0.2, 0.25) is 5.91 Å². The third kappa shape index (κ3) is 3.34. The van der Waals surface area contributed by atoms with Crippen LogP contribution in [-0.4, -0.2) is 21.0 Å². The summed E-state index contributed by atoms with van der Waals surface area (Å²) >= 11 is 0. The Labute approximate surface area is 150 Å². The number of amides is 1. The zero-order valence-electron chi connectivity index (χ0n) is 14.4. The summed E-state index contributed by atoms with van der Waals surface area (Å²) in [5, 5.41) is 11.2. The lowest BCUT2D eigenvalue weighted by Crippen LogP contribution is -2.15. The molecule has 3 aromatic rings. The van der Waals surface area contributed by atoms with Crippen molar-refractivity contribution >= 4 is 28.7 Å². The number of nitrogens with two attached hydrogens (primary N) is 1. The topological polar surface area (TPSA) is 96.4 Å². The Morgan fingerprint density at radius 2 is 2.12 bits per heavy atom. The Hall–Kier alpha value is -3.43. The maximum absolute atomic E-state index is 11.0. The van der Waals surface area contributed by atoms with E-state index in [1.807, 2.05) is 18.2 Å². The van der Waals surface area contributed by atoms with Crippen molar-refractivity contribution in [2.75, 3.05) is 0 Å². The van der Waals surface area contributed by atoms with Gasteiger partial charge in [0.1, 0.15) is 5.65 Å². The first kappa shape index (κ1) is 17.4. The monoisotopic (exact) mass is 346 g/mol. The predicted octanol–water partition coefficient (Wildman–Crippen LogP) is 3.51. The molecule has 1 aromatic carbocycles. The minimum atomic E-state index is -1.13. The van der Waals surface area contributed by atoms with Crippen LogP contribution < -0.4 is 5.73 Å². The number of carbonyl (C=O) groups excluding carboxylic acids is 1. The van der Waals surface area contributed by atoms with Gasteiger partial charge in [-0.2, -0.15) is 0 Å². The predicted molar refractivity (Wildman–Crippen MR) is 101 cm³/mol. The molecule has 0 aliphatic heterocycles. The highest BCUT2D eigenvalue weighted by molar-refractivity contribution is 5.95. The molecular formula is C20H18N4O2. The van der Waals surface area contributed by atoms with Crippen molar-refractivity contribution in [2.24, 2.45) is 5.73 Å². The van der Waals surface area contributed by atoms with Crippen LogP contribution in [0, 0.1) is 6.57 Å². The van der Waals surface area contributed by atoms with E-state index in [2.05, 4.69) is 14.8 Å². The van der Waals surface area contributed by atoms with Gasteiger partial charge in [-0.15, -0.1) is 0 Å². The lowest BCUT2D eigenvalue weighted by Gasteiger charge is -2.20. The molecular weight excluding hydrogens is 328 g/mol. The minimum Gasteiger partial charge on any atom is -0.387 e. The van der Waals surface area contributed by atoms with Crippen molar-refractivity contribution < 1.29 is 9.90 Å².